The fourth-order valence-electron chi connectivity index (χ4n) is 2.77. The summed E-state index contributed by atoms with van der Waals surface area (Å²) in [5.41, 5.74) is 1.89. The van der Waals surface area contributed by atoms with Gasteiger partial charge in [-0.15, -0.1) is 36.2 Å². The van der Waals surface area contributed by atoms with Gasteiger partial charge in [-0.1, -0.05) is 12.1 Å². The topological polar surface area (TPSA) is 57.3 Å². The molecule has 0 aliphatic carbocycles. The highest BCUT2D eigenvalue weighted by Crippen LogP contribution is 2.26. The molecule has 1 saturated heterocycles. The van der Waals surface area contributed by atoms with Crippen LogP contribution in [0.3, 0.4) is 0 Å². The van der Waals surface area contributed by atoms with Crippen molar-refractivity contribution in [3.05, 3.63) is 46.7 Å². The first kappa shape index (κ1) is 21.8. The SMILES string of the molecule is CC(=O)Nc1nc(CN2CCNCC2c2cccc(F)c2)cs1.Cl.Cl. The molecule has 3 rings (SSSR count). The van der Waals surface area contributed by atoms with E-state index in [1.54, 1.807) is 12.1 Å². The van der Waals surface area contributed by atoms with E-state index in [0.717, 1.165) is 30.9 Å². The third-order valence-electron chi connectivity index (χ3n) is 3.79. The molecule has 1 aliphatic heterocycles. The molecule has 0 spiro atoms. The maximum Gasteiger partial charge on any atom is 0.223 e. The number of thiazole rings is 1. The van der Waals surface area contributed by atoms with Gasteiger partial charge in [-0.05, 0) is 17.7 Å². The Balaban J connectivity index is 0.00000156. The number of hydrogen-bond donors (Lipinski definition) is 2. The molecule has 1 fully saturated rings. The van der Waals surface area contributed by atoms with Gasteiger partial charge in [-0.3, -0.25) is 9.69 Å². The molecule has 9 heteroatoms. The molecule has 1 aromatic carbocycles. The summed E-state index contributed by atoms with van der Waals surface area (Å²) in [5.74, 6) is -0.333. The van der Waals surface area contributed by atoms with Crippen LogP contribution in [0.15, 0.2) is 29.6 Å². The first-order valence-corrected chi connectivity index (χ1v) is 8.42. The van der Waals surface area contributed by atoms with E-state index in [2.05, 4.69) is 20.5 Å². The lowest BCUT2D eigenvalue weighted by atomic mass is 10.0. The zero-order valence-electron chi connectivity index (χ0n) is 13.7. The van der Waals surface area contributed by atoms with Crippen LogP contribution < -0.4 is 10.6 Å². The van der Waals surface area contributed by atoms with Crippen LogP contribution in [0, 0.1) is 5.82 Å². The lowest BCUT2D eigenvalue weighted by Crippen LogP contribution is -2.45. The molecule has 0 bridgehead atoms. The normalized spacial score (nSPS) is 17.3. The number of aromatic nitrogens is 1. The highest BCUT2D eigenvalue weighted by Gasteiger charge is 2.24. The van der Waals surface area contributed by atoms with Crippen molar-refractivity contribution in [2.75, 3.05) is 25.0 Å². The first-order chi connectivity index (χ1) is 11.1. The van der Waals surface area contributed by atoms with Gasteiger partial charge in [0.1, 0.15) is 5.82 Å². The van der Waals surface area contributed by atoms with Crippen molar-refractivity contribution >= 4 is 47.2 Å². The molecule has 1 amide bonds. The minimum absolute atomic E-state index is 0. The molecule has 1 aliphatic rings. The van der Waals surface area contributed by atoms with E-state index in [1.165, 1.54) is 24.3 Å². The Labute approximate surface area is 162 Å². The van der Waals surface area contributed by atoms with Crippen LogP contribution >= 0.6 is 36.2 Å². The van der Waals surface area contributed by atoms with Gasteiger partial charge in [0.2, 0.25) is 5.91 Å². The van der Waals surface area contributed by atoms with Crippen molar-refractivity contribution in [1.29, 1.82) is 0 Å². The molecule has 1 aromatic heterocycles. The molecule has 2 aromatic rings. The van der Waals surface area contributed by atoms with Crippen molar-refractivity contribution in [1.82, 2.24) is 15.2 Å². The van der Waals surface area contributed by atoms with Gasteiger partial charge in [-0.25, -0.2) is 9.37 Å². The smallest absolute Gasteiger partial charge is 0.223 e. The molecule has 5 nitrogen and oxygen atoms in total. The van der Waals surface area contributed by atoms with Gasteiger partial charge in [0.25, 0.3) is 0 Å². The number of hydrogen-bond acceptors (Lipinski definition) is 5. The van der Waals surface area contributed by atoms with E-state index in [1.807, 2.05) is 11.4 Å². The van der Waals surface area contributed by atoms with Crippen LogP contribution in [-0.4, -0.2) is 35.4 Å². The van der Waals surface area contributed by atoms with Crippen LogP contribution in [0.25, 0.3) is 0 Å². The van der Waals surface area contributed by atoms with Crippen LogP contribution in [0.4, 0.5) is 9.52 Å². The summed E-state index contributed by atoms with van der Waals surface area (Å²) >= 11 is 1.42. The largest absolute Gasteiger partial charge is 0.314 e. The van der Waals surface area contributed by atoms with E-state index in [-0.39, 0.29) is 42.6 Å². The number of nitrogens with zero attached hydrogens (tertiary/aromatic N) is 2. The van der Waals surface area contributed by atoms with Crippen LogP contribution in [0.2, 0.25) is 0 Å². The molecule has 138 valence electrons. The number of rotatable bonds is 4. The third kappa shape index (κ3) is 5.90. The number of benzene rings is 1. The zero-order chi connectivity index (χ0) is 16.2. The summed E-state index contributed by atoms with van der Waals surface area (Å²) in [6.45, 7) is 4.70. The van der Waals surface area contributed by atoms with Crippen molar-refractivity contribution in [2.24, 2.45) is 0 Å². The number of piperazine rings is 1. The van der Waals surface area contributed by atoms with Gasteiger partial charge in [0, 0.05) is 44.5 Å². The van der Waals surface area contributed by atoms with E-state index >= 15 is 0 Å². The summed E-state index contributed by atoms with van der Waals surface area (Å²) in [5, 5.41) is 8.63. The summed E-state index contributed by atoms with van der Waals surface area (Å²) in [7, 11) is 0. The predicted molar refractivity (Wildman–Crippen MR) is 103 cm³/mol. The van der Waals surface area contributed by atoms with E-state index in [9.17, 15) is 9.18 Å². The summed E-state index contributed by atoms with van der Waals surface area (Å²) in [4.78, 5) is 17.8. The van der Waals surface area contributed by atoms with Gasteiger partial charge >= 0.3 is 0 Å². The number of anilines is 1. The Kier molecular flexibility index (Phi) is 8.75. The molecule has 2 heterocycles. The van der Waals surface area contributed by atoms with Gasteiger partial charge < -0.3 is 10.6 Å². The number of carbonyl (C=O) groups is 1. The van der Waals surface area contributed by atoms with Gasteiger partial charge in [0.15, 0.2) is 5.13 Å². The molecule has 25 heavy (non-hydrogen) atoms. The van der Waals surface area contributed by atoms with Crippen molar-refractivity contribution in [2.45, 2.75) is 19.5 Å². The Hall–Kier alpha value is -1.25. The predicted octanol–water partition coefficient (Wildman–Crippen LogP) is 3.23. The quantitative estimate of drug-likeness (QED) is 0.817. The van der Waals surface area contributed by atoms with Gasteiger partial charge in [0.05, 0.1) is 5.69 Å². The summed E-state index contributed by atoms with van der Waals surface area (Å²) in [6, 6.07) is 6.87. The molecular weight excluding hydrogens is 386 g/mol. The number of halogens is 3. The Morgan fingerprint density at radius 3 is 3.00 bits per heavy atom. The second-order valence-corrected chi connectivity index (χ2v) is 6.43. The average molecular weight is 407 g/mol. The Morgan fingerprint density at radius 2 is 2.28 bits per heavy atom. The number of nitrogens with one attached hydrogen (secondary N) is 2. The summed E-state index contributed by atoms with van der Waals surface area (Å²) in [6.07, 6.45) is 0. The van der Waals surface area contributed by atoms with Gasteiger partial charge in [-0.2, -0.15) is 0 Å². The molecule has 1 unspecified atom stereocenters. The molecule has 0 saturated carbocycles. The number of amides is 1. The van der Waals surface area contributed by atoms with Crippen LogP contribution in [0.1, 0.15) is 24.2 Å². The molecule has 1 atom stereocenters. The molecule has 0 radical (unpaired) electrons. The average Bonchev–Trinajstić information content (AvgIpc) is 2.94. The maximum absolute atomic E-state index is 13.5. The Bertz CT molecular complexity index is 700. The fourth-order valence-corrected chi connectivity index (χ4v) is 3.52. The monoisotopic (exact) mass is 406 g/mol. The second kappa shape index (κ2) is 10.0. The highest BCUT2D eigenvalue weighted by molar-refractivity contribution is 7.13. The van der Waals surface area contributed by atoms with E-state index in [4.69, 9.17) is 0 Å². The first-order valence-electron chi connectivity index (χ1n) is 7.54. The second-order valence-electron chi connectivity index (χ2n) is 5.57. The third-order valence-corrected chi connectivity index (χ3v) is 4.59. The van der Waals surface area contributed by atoms with Crippen molar-refractivity contribution < 1.29 is 9.18 Å². The minimum Gasteiger partial charge on any atom is -0.314 e. The standard InChI is InChI=1S/C16H19FN4OS.2ClH/c1-11(22)19-16-20-14(10-23-16)9-21-6-5-18-8-15(21)12-3-2-4-13(17)7-12;;/h2-4,7,10,15,18H,5-6,8-9H2,1H3,(H,19,20,22);2*1H. The lowest BCUT2D eigenvalue weighted by Gasteiger charge is -2.36. The van der Waals surface area contributed by atoms with Crippen molar-refractivity contribution in [3.8, 4) is 0 Å². The van der Waals surface area contributed by atoms with E-state index in [0.29, 0.717) is 11.7 Å². The fraction of sp³-hybridized carbons (Fsp3) is 0.375. The van der Waals surface area contributed by atoms with Crippen LogP contribution in [0.5, 0.6) is 0 Å². The maximum atomic E-state index is 13.5. The number of carbonyl (C=O) groups excluding carboxylic acids is 1. The molecular formula is C16H21Cl2FN4OS. The lowest BCUT2D eigenvalue weighted by molar-refractivity contribution is -0.114. The highest BCUT2D eigenvalue weighted by atomic mass is 35.5. The summed E-state index contributed by atoms with van der Waals surface area (Å²) < 4.78 is 13.5. The zero-order valence-corrected chi connectivity index (χ0v) is 16.1. The molecule has 2 N–H and O–H groups in total. The van der Waals surface area contributed by atoms with Crippen LogP contribution in [-0.2, 0) is 11.3 Å². The van der Waals surface area contributed by atoms with E-state index < -0.39 is 0 Å². The minimum atomic E-state index is -0.213. The van der Waals surface area contributed by atoms with Crippen molar-refractivity contribution in [3.63, 3.8) is 0 Å². The Morgan fingerprint density at radius 1 is 1.48 bits per heavy atom.